The van der Waals surface area contributed by atoms with Crippen LogP contribution < -0.4 is 0 Å². The first-order valence-corrected chi connectivity index (χ1v) is 4.45. The molecule has 64 valence electrons. The van der Waals surface area contributed by atoms with Crippen LogP contribution in [0.5, 0.6) is 5.75 Å². The number of nitrogens with zero attached hydrogens (tertiary/aromatic N) is 1. The monoisotopic (exact) mass is 171 g/mol. The highest BCUT2D eigenvalue weighted by Gasteiger charge is 2.16. The van der Waals surface area contributed by atoms with Crippen LogP contribution in [0.25, 0.3) is 10.9 Å². The summed E-state index contributed by atoms with van der Waals surface area (Å²) < 4.78 is 0. The normalized spacial score (nSPS) is 13.8. The van der Waals surface area contributed by atoms with E-state index < -0.39 is 0 Å². The van der Waals surface area contributed by atoms with Gasteiger partial charge in [-0.1, -0.05) is 12.1 Å². The first-order chi connectivity index (χ1) is 6.34. The molecule has 1 aromatic heterocycles. The molecule has 1 aromatic carbocycles. The van der Waals surface area contributed by atoms with E-state index >= 15 is 0 Å². The summed E-state index contributed by atoms with van der Waals surface area (Å²) in [5.41, 5.74) is 3.22. The summed E-state index contributed by atoms with van der Waals surface area (Å²) in [6.45, 7) is 0. The molecule has 2 aromatic rings. The van der Waals surface area contributed by atoms with Crippen molar-refractivity contribution in [2.75, 3.05) is 0 Å². The van der Waals surface area contributed by atoms with Crippen molar-refractivity contribution < 1.29 is 5.11 Å². The molecule has 0 bridgehead atoms. The van der Waals surface area contributed by atoms with Crippen molar-refractivity contribution in [1.82, 2.24) is 4.98 Å². The number of hydrogen-bond donors (Lipinski definition) is 1. The zero-order valence-electron chi connectivity index (χ0n) is 7.12. The van der Waals surface area contributed by atoms with E-state index in [0.717, 1.165) is 29.4 Å². The SMILES string of the molecule is Oc1cccc2cc3c(nc12)CC3. The fraction of sp³-hybridized carbons (Fsp3) is 0.182. The Hall–Kier alpha value is -1.57. The van der Waals surface area contributed by atoms with E-state index in [2.05, 4.69) is 11.1 Å². The van der Waals surface area contributed by atoms with Crippen molar-refractivity contribution >= 4 is 10.9 Å². The Labute approximate surface area is 75.9 Å². The number of phenols is 1. The second kappa shape index (κ2) is 2.22. The Morgan fingerprint density at radius 2 is 2.15 bits per heavy atom. The molecule has 3 rings (SSSR count). The molecular formula is C11H9NO. The second-order valence-corrected chi connectivity index (χ2v) is 3.44. The Kier molecular flexibility index (Phi) is 1.18. The van der Waals surface area contributed by atoms with Gasteiger partial charge in [-0.05, 0) is 30.5 Å². The number of para-hydroxylation sites is 1. The van der Waals surface area contributed by atoms with Gasteiger partial charge in [0.25, 0.3) is 0 Å². The van der Waals surface area contributed by atoms with Crippen LogP contribution in [-0.4, -0.2) is 10.1 Å². The minimum atomic E-state index is 0.284. The van der Waals surface area contributed by atoms with Crippen molar-refractivity contribution in [3.8, 4) is 5.75 Å². The first kappa shape index (κ1) is 6.89. The molecule has 1 aliphatic rings. The van der Waals surface area contributed by atoms with Gasteiger partial charge in [-0.2, -0.15) is 0 Å². The van der Waals surface area contributed by atoms with Gasteiger partial charge in [0.05, 0.1) is 0 Å². The van der Waals surface area contributed by atoms with Gasteiger partial charge in [0.15, 0.2) is 0 Å². The average Bonchev–Trinajstić information content (AvgIpc) is 2.09. The molecule has 1 N–H and O–H groups in total. The molecule has 0 fully saturated rings. The highest BCUT2D eigenvalue weighted by Crippen LogP contribution is 2.29. The molecule has 0 amide bonds. The van der Waals surface area contributed by atoms with E-state index in [9.17, 15) is 5.11 Å². The molecular weight excluding hydrogens is 162 g/mol. The van der Waals surface area contributed by atoms with Crippen LogP contribution in [0.15, 0.2) is 24.3 Å². The minimum absolute atomic E-state index is 0.284. The molecule has 0 atom stereocenters. The number of benzene rings is 1. The second-order valence-electron chi connectivity index (χ2n) is 3.44. The summed E-state index contributed by atoms with van der Waals surface area (Å²) in [4.78, 5) is 4.41. The maximum absolute atomic E-state index is 9.55. The Balaban J connectivity index is 2.44. The van der Waals surface area contributed by atoms with Crippen LogP contribution in [0.1, 0.15) is 11.3 Å². The van der Waals surface area contributed by atoms with Crippen LogP contribution in [0, 0.1) is 0 Å². The molecule has 0 unspecified atom stereocenters. The maximum atomic E-state index is 9.55. The number of aryl methyl sites for hydroxylation is 2. The number of aromatic nitrogens is 1. The lowest BCUT2D eigenvalue weighted by Gasteiger charge is -2.17. The summed E-state index contributed by atoms with van der Waals surface area (Å²) in [5, 5.41) is 10.6. The Morgan fingerprint density at radius 1 is 1.23 bits per heavy atom. The topological polar surface area (TPSA) is 33.1 Å². The molecule has 0 saturated heterocycles. The molecule has 0 aliphatic heterocycles. The van der Waals surface area contributed by atoms with Crippen LogP contribution >= 0.6 is 0 Å². The summed E-state index contributed by atoms with van der Waals surface area (Å²) >= 11 is 0. The summed E-state index contributed by atoms with van der Waals surface area (Å²) in [6, 6.07) is 7.65. The van der Waals surface area contributed by atoms with Gasteiger partial charge < -0.3 is 5.11 Å². The van der Waals surface area contributed by atoms with Crippen molar-refractivity contribution in [3.05, 3.63) is 35.5 Å². The van der Waals surface area contributed by atoms with Gasteiger partial charge >= 0.3 is 0 Å². The van der Waals surface area contributed by atoms with Gasteiger partial charge in [0.1, 0.15) is 11.3 Å². The largest absolute Gasteiger partial charge is 0.506 e. The third-order valence-corrected chi connectivity index (χ3v) is 2.62. The first-order valence-electron chi connectivity index (χ1n) is 4.45. The average molecular weight is 171 g/mol. The Bertz CT molecular complexity index is 491. The van der Waals surface area contributed by atoms with Crippen molar-refractivity contribution in [2.24, 2.45) is 0 Å². The van der Waals surface area contributed by atoms with Crippen LogP contribution in [-0.2, 0) is 12.8 Å². The molecule has 0 spiro atoms. The predicted molar refractivity (Wildman–Crippen MR) is 50.8 cm³/mol. The maximum Gasteiger partial charge on any atom is 0.141 e. The summed E-state index contributed by atoms with van der Waals surface area (Å²) in [5.74, 6) is 0.284. The molecule has 0 saturated carbocycles. The van der Waals surface area contributed by atoms with E-state index in [4.69, 9.17) is 0 Å². The van der Waals surface area contributed by atoms with Crippen molar-refractivity contribution in [3.63, 3.8) is 0 Å². The van der Waals surface area contributed by atoms with E-state index in [-0.39, 0.29) is 5.75 Å². The lowest BCUT2D eigenvalue weighted by molar-refractivity contribution is 0.480. The number of hydrogen-bond acceptors (Lipinski definition) is 2. The van der Waals surface area contributed by atoms with Gasteiger partial charge in [0, 0.05) is 11.1 Å². The zero-order chi connectivity index (χ0) is 8.84. The number of aromatic hydroxyl groups is 1. The molecule has 2 heteroatoms. The fourth-order valence-corrected chi connectivity index (χ4v) is 1.77. The van der Waals surface area contributed by atoms with Crippen molar-refractivity contribution in [2.45, 2.75) is 12.8 Å². The highest BCUT2D eigenvalue weighted by molar-refractivity contribution is 5.85. The van der Waals surface area contributed by atoms with Gasteiger partial charge in [-0.25, -0.2) is 4.98 Å². The third-order valence-electron chi connectivity index (χ3n) is 2.62. The smallest absolute Gasteiger partial charge is 0.141 e. The molecule has 13 heavy (non-hydrogen) atoms. The Morgan fingerprint density at radius 3 is 2.92 bits per heavy atom. The molecule has 1 aliphatic carbocycles. The highest BCUT2D eigenvalue weighted by atomic mass is 16.3. The molecule has 0 radical (unpaired) electrons. The fourth-order valence-electron chi connectivity index (χ4n) is 1.77. The summed E-state index contributed by atoms with van der Waals surface area (Å²) in [6.07, 6.45) is 2.19. The third kappa shape index (κ3) is 0.856. The lowest BCUT2D eigenvalue weighted by atomic mass is 9.92. The molecule has 2 nitrogen and oxygen atoms in total. The summed E-state index contributed by atoms with van der Waals surface area (Å²) in [7, 11) is 0. The standard InChI is InChI=1S/C11H9NO/c13-10-3-1-2-8-6-7-4-5-9(7)12-11(8)10/h1-3,6,13H,4-5H2. The number of fused-ring (bicyclic) bond motifs is 2. The van der Waals surface area contributed by atoms with Crippen molar-refractivity contribution in [1.29, 1.82) is 0 Å². The van der Waals surface area contributed by atoms with E-state index in [1.807, 2.05) is 12.1 Å². The zero-order valence-corrected chi connectivity index (χ0v) is 7.12. The van der Waals surface area contributed by atoms with Crippen LogP contribution in [0.4, 0.5) is 0 Å². The number of phenolic OH excluding ortho intramolecular Hbond substituents is 1. The van der Waals surface area contributed by atoms with Crippen LogP contribution in [0.2, 0.25) is 0 Å². The lowest BCUT2D eigenvalue weighted by Crippen LogP contribution is -2.10. The van der Waals surface area contributed by atoms with E-state index in [0.29, 0.717) is 0 Å². The minimum Gasteiger partial charge on any atom is -0.506 e. The van der Waals surface area contributed by atoms with E-state index in [1.54, 1.807) is 6.07 Å². The quantitative estimate of drug-likeness (QED) is 0.658. The van der Waals surface area contributed by atoms with Gasteiger partial charge in [-0.3, -0.25) is 0 Å². The number of rotatable bonds is 0. The van der Waals surface area contributed by atoms with Crippen LogP contribution in [0.3, 0.4) is 0 Å². The van der Waals surface area contributed by atoms with E-state index in [1.165, 1.54) is 5.56 Å². The molecule has 1 heterocycles. The predicted octanol–water partition coefficient (Wildman–Crippen LogP) is 2.04. The number of pyridine rings is 1. The van der Waals surface area contributed by atoms with Gasteiger partial charge in [0.2, 0.25) is 0 Å². The van der Waals surface area contributed by atoms with Gasteiger partial charge in [-0.15, -0.1) is 0 Å².